The number of hydrogen-bond acceptors (Lipinski definition) is 6. The van der Waals surface area contributed by atoms with E-state index in [1.165, 1.54) is 6.20 Å². The van der Waals surface area contributed by atoms with Crippen molar-refractivity contribution in [2.45, 2.75) is 26.9 Å². The number of Topliss-reactive ketones (excluding diaryl/α,β-unsaturated/α-hetero) is 1. The molecule has 184 valence electrons. The number of hydrogen-bond donors (Lipinski definition) is 1. The molecule has 5 rings (SSSR count). The molecule has 1 amide bonds. The molecule has 0 saturated carbocycles. The molecule has 4 aromatic rings. The summed E-state index contributed by atoms with van der Waals surface area (Å²) in [5.41, 5.74) is 9.68. The highest BCUT2D eigenvalue weighted by atomic mass is 16.7. The monoisotopic (exact) mass is 487 g/mol. The molecule has 0 spiro atoms. The summed E-state index contributed by atoms with van der Waals surface area (Å²) in [6.07, 6.45) is 1.53. The van der Waals surface area contributed by atoms with E-state index in [1.54, 1.807) is 34.9 Å². The van der Waals surface area contributed by atoms with E-state index in [9.17, 15) is 14.4 Å². The van der Waals surface area contributed by atoms with Gasteiger partial charge < -0.3 is 29.1 Å². The Kier molecular flexibility index (Phi) is 5.97. The highest BCUT2D eigenvalue weighted by Crippen LogP contribution is 2.33. The zero-order chi connectivity index (χ0) is 25.4. The van der Waals surface area contributed by atoms with Gasteiger partial charge in [-0.05, 0) is 43.7 Å². The molecule has 2 aromatic carbocycles. The largest absolute Gasteiger partial charge is 0.456 e. The summed E-state index contributed by atoms with van der Waals surface area (Å²) < 4.78 is 19.7. The summed E-state index contributed by atoms with van der Waals surface area (Å²) in [5.74, 6) is -0.0322. The van der Waals surface area contributed by atoms with Crippen molar-refractivity contribution in [3.63, 3.8) is 0 Å². The third kappa shape index (κ3) is 4.31. The number of nitrogens with zero attached hydrogens (tertiary/aromatic N) is 2. The first-order chi connectivity index (χ1) is 17.3. The van der Waals surface area contributed by atoms with Gasteiger partial charge >= 0.3 is 5.97 Å². The molecule has 36 heavy (non-hydrogen) atoms. The Morgan fingerprint density at radius 3 is 2.58 bits per heavy atom. The molecule has 0 radical (unpaired) electrons. The fraction of sp³-hybridized carbons (Fsp3) is 0.222. The van der Waals surface area contributed by atoms with E-state index in [4.69, 9.17) is 19.9 Å². The Morgan fingerprint density at radius 1 is 1.00 bits per heavy atom. The second kappa shape index (κ2) is 9.26. The van der Waals surface area contributed by atoms with E-state index in [1.807, 2.05) is 36.6 Å². The molecule has 3 heterocycles. The number of ketones is 1. The van der Waals surface area contributed by atoms with Gasteiger partial charge in [-0.3, -0.25) is 14.4 Å². The first-order valence-electron chi connectivity index (χ1n) is 11.4. The summed E-state index contributed by atoms with van der Waals surface area (Å²) in [6.45, 7) is 4.04. The van der Waals surface area contributed by atoms with E-state index < -0.39 is 11.9 Å². The zero-order valence-electron chi connectivity index (χ0n) is 19.9. The fourth-order valence-electron chi connectivity index (χ4n) is 4.53. The number of fused-ring (bicyclic) bond motifs is 2. The molecule has 0 unspecified atom stereocenters. The summed E-state index contributed by atoms with van der Waals surface area (Å²) in [5, 5.41) is 0.656. The Bertz CT molecular complexity index is 1510. The van der Waals surface area contributed by atoms with Crippen LogP contribution < -0.4 is 15.2 Å². The van der Waals surface area contributed by atoms with Gasteiger partial charge in [0, 0.05) is 40.6 Å². The van der Waals surface area contributed by atoms with Crippen LogP contribution >= 0.6 is 0 Å². The van der Waals surface area contributed by atoms with Crippen LogP contribution in [0.5, 0.6) is 11.5 Å². The molecule has 1 aliphatic heterocycles. The SMILES string of the molecule is Cc1cc(C(=O)COC(=O)Cn2cc(C(N)=O)c3ccccc32)c(C)n1Cc1ccc2c(c1)OCO2. The van der Waals surface area contributed by atoms with Gasteiger partial charge in [-0.2, -0.15) is 0 Å². The van der Waals surface area contributed by atoms with Crippen molar-refractivity contribution in [1.29, 1.82) is 0 Å². The van der Waals surface area contributed by atoms with Crippen LogP contribution in [-0.4, -0.2) is 40.2 Å². The van der Waals surface area contributed by atoms with Gasteiger partial charge in [0.1, 0.15) is 6.54 Å². The molecular weight excluding hydrogens is 462 g/mol. The molecule has 0 atom stereocenters. The number of nitrogens with two attached hydrogens (primary N) is 1. The third-order valence-corrected chi connectivity index (χ3v) is 6.37. The number of para-hydroxylation sites is 1. The lowest BCUT2D eigenvalue weighted by molar-refractivity contribution is -0.143. The predicted molar refractivity (Wildman–Crippen MR) is 131 cm³/mol. The Labute approximate surface area is 207 Å². The van der Waals surface area contributed by atoms with Crippen molar-refractivity contribution >= 4 is 28.6 Å². The molecule has 0 fully saturated rings. The lowest BCUT2D eigenvalue weighted by Crippen LogP contribution is -2.18. The Balaban J connectivity index is 1.25. The Morgan fingerprint density at radius 2 is 1.78 bits per heavy atom. The van der Waals surface area contributed by atoms with Crippen LogP contribution in [0.25, 0.3) is 10.9 Å². The van der Waals surface area contributed by atoms with Crippen molar-refractivity contribution in [3.05, 3.63) is 82.8 Å². The molecule has 0 bridgehead atoms. The average Bonchev–Trinajstić information content (AvgIpc) is 3.55. The van der Waals surface area contributed by atoms with Crippen LogP contribution in [0.2, 0.25) is 0 Å². The normalized spacial score (nSPS) is 12.2. The Hall–Kier alpha value is -4.53. The lowest BCUT2D eigenvalue weighted by Gasteiger charge is -2.11. The minimum atomic E-state index is -0.589. The molecular formula is C27H25N3O6. The number of primary amides is 1. The van der Waals surface area contributed by atoms with Gasteiger partial charge in [0.05, 0.1) is 5.56 Å². The van der Waals surface area contributed by atoms with E-state index in [0.29, 0.717) is 34.3 Å². The summed E-state index contributed by atoms with van der Waals surface area (Å²) in [4.78, 5) is 37.2. The number of ether oxygens (including phenoxy) is 3. The topological polar surface area (TPSA) is 115 Å². The maximum Gasteiger partial charge on any atom is 0.326 e. The van der Waals surface area contributed by atoms with Crippen LogP contribution in [0, 0.1) is 13.8 Å². The second-order valence-corrected chi connectivity index (χ2v) is 8.69. The maximum atomic E-state index is 12.9. The highest BCUT2D eigenvalue weighted by molar-refractivity contribution is 6.06. The first-order valence-corrected chi connectivity index (χ1v) is 11.4. The minimum Gasteiger partial charge on any atom is -0.456 e. The van der Waals surface area contributed by atoms with Gasteiger partial charge in [-0.25, -0.2) is 0 Å². The standard InChI is InChI=1S/C27H25N3O6/c1-16-9-20(17(2)30(16)11-18-7-8-24-25(10-18)36-15-35-24)23(31)14-34-26(32)13-29-12-21(27(28)33)19-5-3-4-6-22(19)29/h3-10,12H,11,13-15H2,1-2H3,(H2,28,33). The van der Waals surface area contributed by atoms with E-state index in [0.717, 1.165) is 22.7 Å². The van der Waals surface area contributed by atoms with Crippen LogP contribution in [0.1, 0.15) is 37.7 Å². The minimum absolute atomic E-state index is 0.149. The van der Waals surface area contributed by atoms with Crippen LogP contribution in [0.4, 0.5) is 0 Å². The molecule has 9 heteroatoms. The molecule has 9 nitrogen and oxygen atoms in total. The molecule has 2 aromatic heterocycles. The summed E-state index contributed by atoms with van der Waals surface area (Å²) >= 11 is 0. The van der Waals surface area contributed by atoms with Crippen molar-refractivity contribution in [1.82, 2.24) is 9.13 Å². The smallest absolute Gasteiger partial charge is 0.326 e. The number of rotatable bonds is 8. The number of amides is 1. The van der Waals surface area contributed by atoms with Gasteiger partial charge in [0.15, 0.2) is 18.1 Å². The van der Waals surface area contributed by atoms with E-state index in [2.05, 4.69) is 0 Å². The number of carbonyl (C=O) groups is 3. The molecule has 0 saturated heterocycles. The number of esters is 1. The fourth-order valence-corrected chi connectivity index (χ4v) is 4.53. The number of aromatic nitrogens is 2. The van der Waals surface area contributed by atoms with Gasteiger partial charge in [0.2, 0.25) is 12.6 Å². The van der Waals surface area contributed by atoms with Gasteiger partial charge in [-0.15, -0.1) is 0 Å². The predicted octanol–water partition coefficient (Wildman–Crippen LogP) is 3.36. The third-order valence-electron chi connectivity index (χ3n) is 6.37. The lowest BCUT2D eigenvalue weighted by atomic mass is 10.1. The first kappa shape index (κ1) is 23.2. The van der Waals surface area contributed by atoms with E-state index >= 15 is 0 Å². The molecule has 2 N–H and O–H groups in total. The molecule has 0 aliphatic carbocycles. The average molecular weight is 488 g/mol. The second-order valence-electron chi connectivity index (χ2n) is 8.69. The van der Waals surface area contributed by atoms with Crippen LogP contribution in [0.3, 0.4) is 0 Å². The highest BCUT2D eigenvalue weighted by Gasteiger charge is 2.20. The van der Waals surface area contributed by atoms with Gasteiger partial charge in [-0.1, -0.05) is 24.3 Å². The van der Waals surface area contributed by atoms with Crippen molar-refractivity contribution in [3.8, 4) is 11.5 Å². The van der Waals surface area contributed by atoms with Crippen LogP contribution in [0.15, 0.2) is 54.7 Å². The number of benzene rings is 2. The van der Waals surface area contributed by atoms with Crippen molar-refractivity contribution < 1.29 is 28.6 Å². The number of aryl methyl sites for hydroxylation is 1. The summed E-state index contributed by atoms with van der Waals surface area (Å²) in [7, 11) is 0. The maximum absolute atomic E-state index is 12.9. The summed E-state index contributed by atoms with van der Waals surface area (Å²) in [6, 6.07) is 14.7. The van der Waals surface area contributed by atoms with Gasteiger partial charge in [0.25, 0.3) is 5.91 Å². The quantitative estimate of drug-likeness (QED) is 0.301. The molecule has 1 aliphatic rings. The van der Waals surface area contributed by atoms with Crippen LogP contribution in [-0.2, 0) is 22.6 Å². The van der Waals surface area contributed by atoms with Crippen molar-refractivity contribution in [2.24, 2.45) is 5.73 Å². The zero-order valence-corrected chi connectivity index (χ0v) is 19.9. The van der Waals surface area contributed by atoms with Crippen molar-refractivity contribution in [2.75, 3.05) is 13.4 Å². The number of carbonyl (C=O) groups excluding carboxylic acids is 3. The van der Waals surface area contributed by atoms with E-state index in [-0.39, 0.29) is 25.7 Å².